The van der Waals surface area contributed by atoms with E-state index in [4.69, 9.17) is 9.47 Å². The van der Waals surface area contributed by atoms with E-state index in [0.29, 0.717) is 23.5 Å². The quantitative estimate of drug-likeness (QED) is 0.608. The van der Waals surface area contributed by atoms with Crippen molar-refractivity contribution in [1.82, 2.24) is 0 Å². The molecule has 3 rings (SSSR count). The number of benzene rings is 2. The summed E-state index contributed by atoms with van der Waals surface area (Å²) in [6, 6.07) is 13.6. The van der Waals surface area contributed by atoms with Crippen LogP contribution in [-0.4, -0.2) is 25.1 Å². The third kappa shape index (κ3) is 3.68. The number of para-hydroxylation sites is 1. The van der Waals surface area contributed by atoms with Crippen molar-refractivity contribution in [3.05, 3.63) is 64.7 Å². The highest BCUT2D eigenvalue weighted by Crippen LogP contribution is 2.29. The molecule has 126 valence electrons. The van der Waals surface area contributed by atoms with Crippen molar-refractivity contribution in [1.29, 1.82) is 0 Å². The highest BCUT2D eigenvalue weighted by molar-refractivity contribution is 6.11. The van der Waals surface area contributed by atoms with Crippen LogP contribution in [0.2, 0.25) is 0 Å². The Bertz CT molecular complexity index is 752. The second-order valence-electron chi connectivity index (χ2n) is 7.38. The minimum atomic E-state index is -0.00323. The van der Waals surface area contributed by atoms with Crippen LogP contribution >= 0.6 is 0 Å². The van der Waals surface area contributed by atoms with E-state index in [0.717, 1.165) is 17.7 Å². The van der Waals surface area contributed by atoms with Crippen LogP contribution in [0.1, 0.15) is 47.8 Å². The van der Waals surface area contributed by atoms with Gasteiger partial charge in [0.25, 0.3) is 0 Å². The molecule has 0 aliphatic carbocycles. The lowest BCUT2D eigenvalue weighted by Crippen LogP contribution is -2.13. The fourth-order valence-corrected chi connectivity index (χ4v) is 2.65. The third-order valence-corrected chi connectivity index (χ3v) is 4.26. The highest BCUT2D eigenvalue weighted by Gasteiger charge is 2.25. The Labute approximate surface area is 143 Å². The van der Waals surface area contributed by atoms with Crippen LogP contribution in [-0.2, 0) is 10.2 Å². The van der Waals surface area contributed by atoms with Gasteiger partial charge in [0, 0.05) is 5.56 Å². The number of carbonyl (C=O) groups is 1. The maximum Gasteiger partial charge on any atom is 0.196 e. The molecule has 3 heteroatoms. The van der Waals surface area contributed by atoms with Gasteiger partial charge in [0.2, 0.25) is 0 Å². The van der Waals surface area contributed by atoms with Crippen LogP contribution in [0.4, 0.5) is 0 Å². The number of hydrogen-bond donors (Lipinski definition) is 0. The molecule has 0 aromatic heterocycles. The van der Waals surface area contributed by atoms with Gasteiger partial charge in [0.15, 0.2) is 5.78 Å². The van der Waals surface area contributed by atoms with E-state index in [9.17, 15) is 4.79 Å². The summed E-state index contributed by atoms with van der Waals surface area (Å²) in [5, 5.41) is 0. The summed E-state index contributed by atoms with van der Waals surface area (Å²) in [6.45, 7) is 9.63. The summed E-state index contributed by atoms with van der Waals surface area (Å²) < 4.78 is 11.1. The average Bonchev–Trinajstić information content (AvgIpc) is 3.36. The summed E-state index contributed by atoms with van der Waals surface area (Å²) in [7, 11) is 0. The Morgan fingerprint density at radius 2 is 1.92 bits per heavy atom. The van der Waals surface area contributed by atoms with E-state index in [1.54, 1.807) is 0 Å². The normalized spacial score (nSPS) is 16.8. The summed E-state index contributed by atoms with van der Waals surface area (Å²) in [6.07, 6.45) is 0.164. The van der Waals surface area contributed by atoms with Crippen LogP contribution in [0.15, 0.2) is 42.5 Å². The minimum absolute atomic E-state index is 0.00323. The molecule has 1 unspecified atom stereocenters. The first-order chi connectivity index (χ1) is 11.4. The molecule has 0 amide bonds. The molecule has 0 bridgehead atoms. The molecule has 1 aliphatic rings. The molecule has 2 aromatic rings. The molecule has 2 aromatic carbocycles. The monoisotopic (exact) mass is 324 g/mol. The molecule has 3 nitrogen and oxygen atoms in total. The molecule has 24 heavy (non-hydrogen) atoms. The Balaban J connectivity index is 1.93. The lowest BCUT2D eigenvalue weighted by molar-refractivity contribution is 0.103. The van der Waals surface area contributed by atoms with E-state index in [1.807, 2.05) is 43.3 Å². The van der Waals surface area contributed by atoms with Crippen LogP contribution in [0.3, 0.4) is 0 Å². The standard InChI is InChI=1S/C21H24O3/c1-14-7-5-10-18(20(14)24-13-17-12-23-17)19(22)15-8-6-9-16(11-15)21(2,3)4/h5-11,17H,12-13H2,1-4H3. The van der Waals surface area contributed by atoms with Crippen molar-refractivity contribution in [2.75, 3.05) is 13.2 Å². The summed E-state index contributed by atoms with van der Waals surface area (Å²) in [5.41, 5.74) is 3.43. The van der Waals surface area contributed by atoms with Crippen molar-refractivity contribution in [2.24, 2.45) is 0 Å². The zero-order valence-corrected chi connectivity index (χ0v) is 14.8. The zero-order valence-electron chi connectivity index (χ0n) is 14.8. The summed E-state index contributed by atoms with van der Waals surface area (Å²) in [4.78, 5) is 13.0. The fourth-order valence-electron chi connectivity index (χ4n) is 2.65. The lowest BCUT2D eigenvalue weighted by atomic mass is 9.85. The van der Waals surface area contributed by atoms with Crippen LogP contribution in [0.25, 0.3) is 0 Å². The molecule has 1 aliphatic heterocycles. The van der Waals surface area contributed by atoms with Crippen molar-refractivity contribution in [2.45, 2.75) is 39.2 Å². The van der Waals surface area contributed by atoms with Gasteiger partial charge in [0.1, 0.15) is 18.5 Å². The SMILES string of the molecule is Cc1cccc(C(=O)c2cccc(C(C)(C)C)c2)c1OCC1CO1. The second-order valence-corrected chi connectivity index (χ2v) is 7.38. The van der Waals surface area contributed by atoms with Crippen LogP contribution in [0, 0.1) is 6.92 Å². The van der Waals surface area contributed by atoms with Crippen molar-refractivity contribution in [3.63, 3.8) is 0 Å². The largest absolute Gasteiger partial charge is 0.490 e. The van der Waals surface area contributed by atoms with Gasteiger partial charge in [-0.3, -0.25) is 4.79 Å². The summed E-state index contributed by atoms with van der Waals surface area (Å²) in [5.74, 6) is 0.663. The maximum absolute atomic E-state index is 13.0. The van der Waals surface area contributed by atoms with Gasteiger partial charge in [-0.15, -0.1) is 0 Å². The number of ether oxygens (including phenoxy) is 2. The first kappa shape index (κ1) is 16.7. The van der Waals surface area contributed by atoms with Crippen molar-refractivity contribution in [3.8, 4) is 5.75 Å². The molecule has 0 spiro atoms. The molecular weight excluding hydrogens is 300 g/mol. The van der Waals surface area contributed by atoms with Gasteiger partial charge >= 0.3 is 0 Å². The van der Waals surface area contributed by atoms with Gasteiger partial charge < -0.3 is 9.47 Å². The van der Waals surface area contributed by atoms with Gasteiger partial charge in [-0.2, -0.15) is 0 Å². The fraction of sp³-hybridized carbons (Fsp3) is 0.381. The molecular formula is C21H24O3. The maximum atomic E-state index is 13.0. The Morgan fingerprint density at radius 1 is 1.21 bits per heavy atom. The predicted molar refractivity (Wildman–Crippen MR) is 95.0 cm³/mol. The van der Waals surface area contributed by atoms with E-state index in [1.165, 1.54) is 0 Å². The third-order valence-electron chi connectivity index (χ3n) is 4.26. The zero-order chi connectivity index (χ0) is 17.3. The van der Waals surface area contributed by atoms with Gasteiger partial charge in [-0.05, 0) is 35.6 Å². The van der Waals surface area contributed by atoms with E-state index >= 15 is 0 Å². The number of aryl methyl sites for hydroxylation is 1. The number of carbonyl (C=O) groups excluding carboxylic acids is 1. The van der Waals surface area contributed by atoms with E-state index in [-0.39, 0.29) is 17.3 Å². The molecule has 0 saturated carbocycles. The minimum Gasteiger partial charge on any atom is -0.490 e. The number of epoxide rings is 1. The Kier molecular flexibility index (Phi) is 4.46. The Morgan fingerprint density at radius 3 is 2.58 bits per heavy atom. The number of rotatable bonds is 5. The first-order valence-electron chi connectivity index (χ1n) is 8.35. The smallest absolute Gasteiger partial charge is 0.196 e. The molecule has 1 atom stereocenters. The molecule has 0 N–H and O–H groups in total. The van der Waals surface area contributed by atoms with Gasteiger partial charge in [0.05, 0.1) is 12.2 Å². The van der Waals surface area contributed by atoms with Crippen molar-refractivity contribution < 1.29 is 14.3 Å². The van der Waals surface area contributed by atoms with E-state index < -0.39 is 0 Å². The number of hydrogen-bond acceptors (Lipinski definition) is 3. The average molecular weight is 324 g/mol. The van der Waals surface area contributed by atoms with Crippen molar-refractivity contribution >= 4 is 5.78 Å². The van der Waals surface area contributed by atoms with Gasteiger partial charge in [-0.25, -0.2) is 0 Å². The topological polar surface area (TPSA) is 38.8 Å². The second kappa shape index (κ2) is 6.40. The lowest BCUT2D eigenvalue weighted by Gasteiger charge is -2.20. The van der Waals surface area contributed by atoms with Crippen LogP contribution < -0.4 is 4.74 Å². The summed E-state index contributed by atoms with van der Waals surface area (Å²) >= 11 is 0. The first-order valence-corrected chi connectivity index (χ1v) is 8.35. The molecule has 1 fully saturated rings. The van der Waals surface area contributed by atoms with Crippen LogP contribution in [0.5, 0.6) is 5.75 Å². The predicted octanol–water partition coefficient (Wildman–Crippen LogP) is 4.30. The molecule has 0 radical (unpaired) electrons. The molecule has 1 heterocycles. The molecule has 1 saturated heterocycles. The number of ketones is 1. The highest BCUT2D eigenvalue weighted by atomic mass is 16.6. The van der Waals surface area contributed by atoms with Gasteiger partial charge in [-0.1, -0.05) is 51.1 Å². The van der Waals surface area contributed by atoms with E-state index in [2.05, 4.69) is 26.8 Å². The Hall–Kier alpha value is -2.13.